The zero-order chi connectivity index (χ0) is 13.2. The molecule has 0 heterocycles. The molecular weight excluding hydrogens is 275 g/mol. The van der Waals surface area contributed by atoms with Crippen LogP contribution in [0.2, 0.25) is 10.0 Å². The summed E-state index contributed by atoms with van der Waals surface area (Å²) in [7, 11) is 0. The second kappa shape index (κ2) is 5.56. The first-order chi connectivity index (χ1) is 9.27. The molecule has 0 bridgehead atoms. The van der Waals surface area contributed by atoms with Gasteiger partial charge in [-0.05, 0) is 47.9 Å². The standard InChI is InChI=1S/C17H16Cl2/c18-16-10-3-1-6-14(16)12-8-5-9-13(12)15-7-2-4-11-17(15)19/h1-4,6-7,10-13H,5,8-9H2. The van der Waals surface area contributed by atoms with Crippen molar-refractivity contribution in [2.75, 3.05) is 0 Å². The molecule has 3 rings (SSSR count). The molecule has 0 aliphatic heterocycles. The lowest BCUT2D eigenvalue weighted by Crippen LogP contribution is -2.06. The molecule has 0 amide bonds. The fraction of sp³-hybridized carbons (Fsp3) is 0.294. The molecule has 0 radical (unpaired) electrons. The number of benzene rings is 2. The lowest BCUT2D eigenvalue weighted by atomic mass is 9.84. The minimum atomic E-state index is 0.494. The highest BCUT2D eigenvalue weighted by molar-refractivity contribution is 6.31. The van der Waals surface area contributed by atoms with Crippen molar-refractivity contribution in [2.24, 2.45) is 0 Å². The average molecular weight is 291 g/mol. The lowest BCUT2D eigenvalue weighted by Gasteiger charge is -2.22. The molecule has 0 spiro atoms. The van der Waals surface area contributed by atoms with Crippen LogP contribution in [-0.2, 0) is 0 Å². The van der Waals surface area contributed by atoms with Crippen molar-refractivity contribution >= 4 is 23.2 Å². The van der Waals surface area contributed by atoms with Gasteiger partial charge in [0.15, 0.2) is 0 Å². The summed E-state index contributed by atoms with van der Waals surface area (Å²) in [6.07, 6.45) is 3.63. The molecule has 0 nitrogen and oxygen atoms in total. The van der Waals surface area contributed by atoms with Gasteiger partial charge in [-0.15, -0.1) is 0 Å². The smallest absolute Gasteiger partial charge is 0.0441 e. The van der Waals surface area contributed by atoms with Gasteiger partial charge in [0.05, 0.1) is 0 Å². The van der Waals surface area contributed by atoms with Crippen molar-refractivity contribution in [3.63, 3.8) is 0 Å². The Bertz CT molecular complexity index is 525. The minimum absolute atomic E-state index is 0.494. The first-order valence-corrected chi connectivity index (χ1v) is 7.52. The molecule has 1 aliphatic rings. The van der Waals surface area contributed by atoms with E-state index in [1.54, 1.807) is 0 Å². The topological polar surface area (TPSA) is 0 Å². The van der Waals surface area contributed by atoms with Crippen molar-refractivity contribution in [1.82, 2.24) is 0 Å². The van der Waals surface area contributed by atoms with Crippen LogP contribution in [0.4, 0.5) is 0 Å². The van der Waals surface area contributed by atoms with Crippen LogP contribution in [0.15, 0.2) is 48.5 Å². The zero-order valence-electron chi connectivity index (χ0n) is 10.7. The zero-order valence-corrected chi connectivity index (χ0v) is 12.2. The van der Waals surface area contributed by atoms with E-state index in [1.807, 2.05) is 24.3 Å². The Hall–Kier alpha value is -0.980. The molecule has 2 heteroatoms. The quantitative estimate of drug-likeness (QED) is 0.632. The monoisotopic (exact) mass is 290 g/mol. The van der Waals surface area contributed by atoms with Gasteiger partial charge in [-0.1, -0.05) is 66.0 Å². The molecule has 19 heavy (non-hydrogen) atoms. The first-order valence-electron chi connectivity index (χ1n) is 6.76. The van der Waals surface area contributed by atoms with Crippen molar-refractivity contribution < 1.29 is 0 Å². The predicted octanol–water partition coefficient (Wildman–Crippen LogP) is 6.04. The Labute approximate surface area is 124 Å². The average Bonchev–Trinajstić information content (AvgIpc) is 2.89. The second-order valence-electron chi connectivity index (χ2n) is 5.19. The van der Waals surface area contributed by atoms with Gasteiger partial charge in [-0.2, -0.15) is 0 Å². The molecule has 2 aromatic rings. The maximum Gasteiger partial charge on any atom is 0.0441 e. The van der Waals surface area contributed by atoms with Crippen LogP contribution in [0, 0.1) is 0 Å². The number of hydrogen-bond donors (Lipinski definition) is 0. The summed E-state index contributed by atoms with van der Waals surface area (Å²) in [5, 5.41) is 1.76. The maximum absolute atomic E-state index is 6.36. The molecule has 0 N–H and O–H groups in total. The highest BCUT2D eigenvalue weighted by Gasteiger charge is 2.31. The fourth-order valence-corrected chi connectivity index (χ4v) is 3.81. The van der Waals surface area contributed by atoms with Gasteiger partial charge in [-0.25, -0.2) is 0 Å². The molecular formula is C17H16Cl2. The summed E-state index contributed by atoms with van der Waals surface area (Å²) >= 11 is 12.7. The molecule has 0 aromatic heterocycles. The summed E-state index contributed by atoms with van der Waals surface area (Å²) in [4.78, 5) is 0. The van der Waals surface area contributed by atoms with Crippen LogP contribution >= 0.6 is 23.2 Å². The Morgan fingerprint density at radius 2 is 1.11 bits per heavy atom. The van der Waals surface area contributed by atoms with E-state index in [4.69, 9.17) is 23.2 Å². The van der Waals surface area contributed by atoms with E-state index in [1.165, 1.54) is 30.4 Å². The van der Waals surface area contributed by atoms with E-state index in [2.05, 4.69) is 24.3 Å². The van der Waals surface area contributed by atoms with Crippen molar-refractivity contribution in [3.05, 3.63) is 69.7 Å². The molecule has 2 atom stereocenters. The highest BCUT2D eigenvalue weighted by atomic mass is 35.5. The van der Waals surface area contributed by atoms with Gasteiger partial charge >= 0.3 is 0 Å². The molecule has 98 valence electrons. The molecule has 1 aliphatic carbocycles. The predicted molar refractivity (Wildman–Crippen MR) is 82.2 cm³/mol. The molecule has 2 aromatic carbocycles. The van der Waals surface area contributed by atoms with Crippen LogP contribution in [-0.4, -0.2) is 0 Å². The van der Waals surface area contributed by atoms with Crippen molar-refractivity contribution in [3.8, 4) is 0 Å². The first kappa shape index (κ1) is 13.0. The fourth-order valence-electron chi connectivity index (χ4n) is 3.26. The van der Waals surface area contributed by atoms with Gasteiger partial charge in [0.1, 0.15) is 0 Å². The van der Waals surface area contributed by atoms with Crippen LogP contribution in [0.5, 0.6) is 0 Å². The van der Waals surface area contributed by atoms with E-state index in [9.17, 15) is 0 Å². The molecule has 1 fully saturated rings. The van der Waals surface area contributed by atoms with Gasteiger partial charge in [0.2, 0.25) is 0 Å². The minimum Gasteiger partial charge on any atom is -0.0840 e. The van der Waals surface area contributed by atoms with Crippen LogP contribution in [0.1, 0.15) is 42.2 Å². The van der Waals surface area contributed by atoms with Crippen molar-refractivity contribution in [1.29, 1.82) is 0 Å². The molecule has 1 saturated carbocycles. The third kappa shape index (κ3) is 2.52. The van der Waals surface area contributed by atoms with E-state index in [0.29, 0.717) is 11.8 Å². The van der Waals surface area contributed by atoms with E-state index < -0.39 is 0 Å². The Kier molecular flexibility index (Phi) is 3.81. The third-order valence-electron chi connectivity index (χ3n) is 4.13. The number of rotatable bonds is 2. The molecule has 0 saturated heterocycles. The summed E-state index contributed by atoms with van der Waals surface area (Å²) in [5.41, 5.74) is 2.54. The van der Waals surface area contributed by atoms with Crippen LogP contribution < -0.4 is 0 Å². The summed E-state index contributed by atoms with van der Waals surface area (Å²) < 4.78 is 0. The van der Waals surface area contributed by atoms with E-state index in [0.717, 1.165) is 10.0 Å². The largest absolute Gasteiger partial charge is 0.0840 e. The van der Waals surface area contributed by atoms with E-state index >= 15 is 0 Å². The normalized spacial score (nSPS) is 22.6. The van der Waals surface area contributed by atoms with Gasteiger partial charge < -0.3 is 0 Å². The SMILES string of the molecule is Clc1ccccc1C1CCCC1c1ccccc1Cl. The van der Waals surface area contributed by atoms with Gasteiger partial charge in [0, 0.05) is 10.0 Å². The second-order valence-corrected chi connectivity index (χ2v) is 6.00. The Morgan fingerprint density at radius 3 is 1.53 bits per heavy atom. The van der Waals surface area contributed by atoms with E-state index in [-0.39, 0.29) is 0 Å². The van der Waals surface area contributed by atoms with Crippen LogP contribution in [0.3, 0.4) is 0 Å². The van der Waals surface area contributed by atoms with Crippen LogP contribution in [0.25, 0.3) is 0 Å². The number of hydrogen-bond acceptors (Lipinski definition) is 0. The highest BCUT2D eigenvalue weighted by Crippen LogP contribution is 2.48. The van der Waals surface area contributed by atoms with Gasteiger partial charge in [-0.3, -0.25) is 0 Å². The van der Waals surface area contributed by atoms with Gasteiger partial charge in [0.25, 0.3) is 0 Å². The third-order valence-corrected chi connectivity index (χ3v) is 4.81. The maximum atomic E-state index is 6.36. The summed E-state index contributed by atoms with van der Waals surface area (Å²) in [6, 6.07) is 16.4. The van der Waals surface area contributed by atoms with Crippen molar-refractivity contribution in [2.45, 2.75) is 31.1 Å². The Morgan fingerprint density at radius 1 is 0.684 bits per heavy atom. The lowest BCUT2D eigenvalue weighted by molar-refractivity contribution is 0.624. The Balaban J connectivity index is 1.99. The summed E-state index contributed by atoms with van der Waals surface area (Å²) in [6.45, 7) is 0. The summed E-state index contributed by atoms with van der Waals surface area (Å²) in [5.74, 6) is 0.988. The molecule has 2 unspecified atom stereocenters. The number of halogens is 2.